The van der Waals surface area contributed by atoms with E-state index in [9.17, 15) is 17.6 Å². The third-order valence-corrected chi connectivity index (χ3v) is 9.33. The Labute approximate surface area is 270 Å². The molecule has 0 aliphatic carbocycles. The van der Waals surface area contributed by atoms with Crippen molar-refractivity contribution >= 4 is 43.6 Å². The quantitative estimate of drug-likeness (QED) is 0.134. The number of pyridine rings is 1. The van der Waals surface area contributed by atoms with Crippen LogP contribution in [0.1, 0.15) is 45.5 Å². The molecule has 0 saturated heterocycles. The number of benzene rings is 4. The van der Waals surface area contributed by atoms with Crippen LogP contribution < -0.4 is 0 Å². The van der Waals surface area contributed by atoms with Gasteiger partial charge in [-0.25, -0.2) is 17.6 Å². The first-order valence-corrected chi connectivity index (χ1v) is 15.4. The monoisotopic (exact) mass is 639 g/mol. The molecule has 234 valence electrons. The van der Waals surface area contributed by atoms with Gasteiger partial charge in [-0.1, -0.05) is 6.07 Å². The second-order valence-electron chi connectivity index (χ2n) is 12.1. The predicted octanol–water partition coefficient (Wildman–Crippen LogP) is 9.92. The lowest BCUT2D eigenvalue weighted by molar-refractivity contribution is 0.629. The summed E-state index contributed by atoms with van der Waals surface area (Å²) in [7, 11) is 0. The lowest BCUT2D eigenvalue weighted by atomic mass is 9.85. The van der Waals surface area contributed by atoms with Crippen LogP contribution in [0.2, 0.25) is 0 Å². The molecular weight excluding hydrogens is 614 g/mol. The van der Waals surface area contributed by atoms with E-state index in [4.69, 9.17) is 4.98 Å². The molecule has 9 rings (SSSR count). The van der Waals surface area contributed by atoms with Gasteiger partial charge in [0.2, 0.25) is 0 Å². The molecule has 0 aliphatic rings. The fraction of sp³-hybridized carbons (Fsp3) is 0.0513. The van der Waals surface area contributed by atoms with Crippen molar-refractivity contribution in [3.63, 3.8) is 0 Å². The zero-order chi connectivity index (χ0) is 32.5. The maximum Gasteiger partial charge on any atom is 0.123 e. The summed E-state index contributed by atoms with van der Waals surface area (Å²) in [6, 6.07) is 24.0. The Kier molecular flexibility index (Phi) is 6.30. The van der Waals surface area contributed by atoms with Crippen molar-refractivity contribution in [2.24, 2.45) is 0 Å². The Balaban J connectivity index is 1.30. The molecule has 9 aromatic rings. The summed E-state index contributed by atoms with van der Waals surface area (Å²) in [6.07, 6.45) is 7.35. The van der Waals surface area contributed by atoms with Crippen molar-refractivity contribution in [3.8, 4) is 0 Å². The molecule has 0 spiro atoms. The van der Waals surface area contributed by atoms with Crippen LogP contribution in [0.4, 0.5) is 17.6 Å². The van der Waals surface area contributed by atoms with Crippen LogP contribution in [-0.2, 0) is 0 Å². The highest BCUT2D eigenvalue weighted by Gasteiger charge is 2.29. The van der Waals surface area contributed by atoms with Crippen LogP contribution in [0, 0.1) is 23.3 Å². The molecular formula is C39H25F4N5. The van der Waals surface area contributed by atoms with Crippen LogP contribution in [0.15, 0.2) is 116 Å². The van der Waals surface area contributed by atoms with Gasteiger partial charge >= 0.3 is 0 Å². The van der Waals surface area contributed by atoms with Crippen LogP contribution in [-0.4, -0.2) is 24.9 Å². The second-order valence-corrected chi connectivity index (χ2v) is 12.1. The Hall–Kier alpha value is -6.09. The minimum absolute atomic E-state index is 0.382. The van der Waals surface area contributed by atoms with Crippen molar-refractivity contribution in [1.29, 1.82) is 0 Å². The van der Waals surface area contributed by atoms with Crippen LogP contribution in [0.3, 0.4) is 0 Å². The van der Waals surface area contributed by atoms with Gasteiger partial charge in [0.1, 0.15) is 23.3 Å². The van der Waals surface area contributed by atoms with Crippen LogP contribution in [0.25, 0.3) is 43.6 Å². The zero-order valence-corrected chi connectivity index (χ0v) is 25.1. The fourth-order valence-corrected chi connectivity index (χ4v) is 7.18. The Morgan fingerprint density at radius 2 is 0.688 bits per heavy atom. The summed E-state index contributed by atoms with van der Waals surface area (Å²) in [6.45, 7) is 0. The van der Waals surface area contributed by atoms with Gasteiger partial charge in [0, 0.05) is 68.4 Å². The Morgan fingerprint density at radius 3 is 0.979 bits per heavy atom. The highest BCUT2D eigenvalue weighted by Crippen LogP contribution is 2.42. The highest BCUT2D eigenvalue weighted by molar-refractivity contribution is 5.90. The smallest absolute Gasteiger partial charge is 0.123 e. The molecule has 0 amide bonds. The largest absolute Gasteiger partial charge is 0.361 e. The number of nitrogens with one attached hydrogen (secondary N) is 4. The predicted molar refractivity (Wildman–Crippen MR) is 179 cm³/mol. The van der Waals surface area contributed by atoms with Gasteiger partial charge in [-0.2, -0.15) is 0 Å². The average Bonchev–Trinajstić information content (AvgIpc) is 3.88. The van der Waals surface area contributed by atoms with Gasteiger partial charge in [-0.3, -0.25) is 4.98 Å². The van der Waals surface area contributed by atoms with E-state index < -0.39 is 11.8 Å². The average molecular weight is 640 g/mol. The molecule has 48 heavy (non-hydrogen) atoms. The van der Waals surface area contributed by atoms with Gasteiger partial charge in [0.05, 0.1) is 23.2 Å². The maximum absolute atomic E-state index is 14.7. The third kappa shape index (κ3) is 4.50. The van der Waals surface area contributed by atoms with Crippen molar-refractivity contribution in [3.05, 3.63) is 173 Å². The number of hydrogen-bond donors (Lipinski definition) is 4. The SMILES string of the molecule is Fc1ccc2[nH]cc(C(c3cccc(C(c4c[nH]c5ccc(F)cc45)c4c[nH]c5ccc(F)cc45)n3)c3c[nH]c4ccc(F)cc34)c2c1. The van der Waals surface area contributed by atoms with E-state index in [1.165, 1.54) is 48.5 Å². The molecule has 4 aromatic carbocycles. The van der Waals surface area contributed by atoms with Gasteiger partial charge < -0.3 is 19.9 Å². The van der Waals surface area contributed by atoms with Crippen LogP contribution >= 0.6 is 0 Å². The lowest BCUT2D eigenvalue weighted by Gasteiger charge is -2.21. The lowest BCUT2D eigenvalue weighted by Crippen LogP contribution is -2.10. The molecule has 0 aliphatic heterocycles. The number of rotatable bonds is 6. The zero-order valence-electron chi connectivity index (χ0n) is 25.1. The van der Waals surface area contributed by atoms with Gasteiger partial charge in [0.25, 0.3) is 0 Å². The molecule has 0 saturated carbocycles. The second kappa shape index (κ2) is 10.7. The molecule has 5 heterocycles. The summed E-state index contributed by atoms with van der Waals surface area (Å²) in [5.74, 6) is -2.62. The van der Waals surface area contributed by atoms with E-state index in [0.717, 1.165) is 44.3 Å². The van der Waals surface area contributed by atoms with Crippen molar-refractivity contribution in [2.75, 3.05) is 0 Å². The van der Waals surface area contributed by atoms with E-state index in [2.05, 4.69) is 19.9 Å². The first kappa shape index (κ1) is 28.2. The Morgan fingerprint density at radius 1 is 0.396 bits per heavy atom. The van der Waals surface area contributed by atoms with E-state index in [-0.39, 0.29) is 23.3 Å². The first-order chi connectivity index (χ1) is 23.4. The highest BCUT2D eigenvalue weighted by atomic mass is 19.1. The molecule has 5 nitrogen and oxygen atoms in total. The molecule has 0 bridgehead atoms. The third-order valence-electron chi connectivity index (χ3n) is 9.33. The standard InChI is InChI=1S/C39H25F4N5/c40-20-4-8-32-24(12-20)28(16-44-32)38(29-17-45-33-9-5-21(41)13-25(29)33)36-2-1-3-37(48-36)39(30-18-46-34-10-6-22(42)14-26(30)34)31-19-47-35-11-7-23(43)15-27(31)35/h1-19,38-39,44-47H. The van der Waals surface area contributed by atoms with Gasteiger partial charge in [0.15, 0.2) is 0 Å². The first-order valence-electron chi connectivity index (χ1n) is 15.4. The summed E-state index contributed by atoms with van der Waals surface area (Å²) in [5, 5.41) is 2.70. The summed E-state index contributed by atoms with van der Waals surface area (Å²) in [5.41, 5.74) is 7.30. The summed E-state index contributed by atoms with van der Waals surface area (Å²) >= 11 is 0. The van der Waals surface area contributed by atoms with E-state index in [0.29, 0.717) is 32.9 Å². The molecule has 0 fully saturated rings. The number of H-pyrrole nitrogens is 4. The van der Waals surface area contributed by atoms with Crippen LogP contribution in [0.5, 0.6) is 0 Å². The number of fused-ring (bicyclic) bond motifs is 4. The van der Waals surface area contributed by atoms with Crippen molar-refractivity contribution < 1.29 is 17.6 Å². The molecule has 0 atom stereocenters. The topological polar surface area (TPSA) is 76.0 Å². The normalized spacial score (nSPS) is 12.1. The number of halogens is 4. The minimum atomic E-state index is -0.544. The van der Waals surface area contributed by atoms with E-state index in [1.807, 2.05) is 43.0 Å². The van der Waals surface area contributed by atoms with Gasteiger partial charge in [-0.05, 0) is 107 Å². The van der Waals surface area contributed by atoms with Crippen molar-refractivity contribution in [1.82, 2.24) is 24.9 Å². The molecule has 5 aromatic heterocycles. The molecule has 0 unspecified atom stereocenters. The van der Waals surface area contributed by atoms with E-state index >= 15 is 0 Å². The maximum atomic E-state index is 14.7. The Bertz CT molecular complexity index is 2320. The minimum Gasteiger partial charge on any atom is -0.361 e. The summed E-state index contributed by atoms with van der Waals surface area (Å²) in [4.78, 5) is 18.3. The number of aromatic amines is 4. The summed E-state index contributed by atoms with van der Waals surface area (Å²) < 4.78 is 58.6. The fourth-order valence-electron chi connectivity index (χ4n) is 7.18. The molecule has 4 N–H and O–H groups in total. The number of hydrogen-bond acceptors (Lipinski definition) is 1. The molecule has 9 heteroatoms. The van der Waals surface area contributed by atoms with Crippen molar-refractivity contribution in [2.45, 2.75) is 11.8 Å². The number of aromatic nitrogens is 5. The van der Waals surface area contributed by atoms with E-state index in [1.54, 1.807) is 24.3 Å². The molecule has 0 radical (unpaired) electrons. The number of nitrogens with zero attached hydrogens (tertiary/aromatic N) is 1. The van der Waals surface area contributed by atoms with Gasteiger partial charge in [-0.15, -0.1) is 0 Å².